The van der Waals surface area contributed by atoms with E-state index in [9.17, 15) is 4.79 Å². The van der Waals surface area contributed by atoms with Crippen molar-refractivity contribution in [2.24, 2.45) is 5.92 Å². The Hall–Kier alpha value is -0.770. The zero-order chi connectivity index (χ0) is 14.8. The standard InChI is InChI=1S/C17H33N3O/c21-17(20-14-11-15-7-4-5-8-15)19-13-6-12-18-16-9-2-1-3-10-16/h15-16,18H,1-14H2,(H2,19,20,21). The average Bonchev–Trinajstić information content (AvgIpc) is 3.01. The predicted octanol–water partition coefficient (Wildman–Crippen LogP) is 3.18. The molecule has 2 aliphatic carbocycles. The molecule has 0 bridgehead atoms. The summed E-state index contributed by atoms with van der Waals surface area (Å²) in [6.07, 6.45) is 14.5. The summed E-state index contributed by atoms with van der Waals surface area (Å²) in [6, 6.07) is 0.727. The Labute approximate surface area is 129 Å². The van der Waals surface area contributed by atoms with E-state index in [-0.39, 0.29) is 6.03 Å². The van der Waals surface area contributed by atoms with Gasteiger partial charge in [-0.1, -0.05) is 44.9 Å². The van der Waals surface area contributed by atoms with Crippen molar-refractivity contribution in [3.63, 3.8) is 0 Å². The van der Waals surface area contributed by atoms with Gasteiger partial charge in [-0.05, 0) is 38.1 Å². The van der Waals surface area contributed by atoms with Crippen molar-refractivity contribution in [3.05, 3.63) is 0 Å². The molecule has 3 N–H and O–H groups in total. The second kappa shape index (κ2) is 10.0. The summed E-state index contributed by atoms with van der Waals surface area (Å²) in [6.45, 7) is 2.62. The van der Waals surface area contributed by atoms with Crippen molar-refractivity contribution in [1.82, 2.24) is 16.0 Å². The fourth-order valence-electron chi connectivity index (χ4n) is 3.65. The van der Waals surface area contributed by atoms with Gasteiger partial charge in [0.1, 0.15) is 0 Å². The Morgan fingerprint density at radius 2 is 1.48 bits per heavy atom. The zero-order valence-electron chi connectivity index (χ0n) is 13.5. The number of nitrogens with one attached hydrogen (secondary N) is 3. The van der Waals surface area contributed by atoms with Gasteiger partial charge in [-0.15, -0.1) is 0 Å². The fourth-order valence-corrected chi connectivity index (χ4v) is 3.65. The molecule has 2 aliphatic rings. The molecule has 4 nitrogen and oxygen atoms in total. The van der Waals surface area contributed by atoms with Crippen molar-refractivity contribution in [3.8, 4) is 0 Å². The van der Waals surface area contributed by atoms with Crippen LogP contribution in [0.4, 0.5) is 4.79 Å². The third-order valence-corrected chi connectivity index (χ3v) is 4.99. The summed E-state index contributed by atoms with van der Waals surface area (Å²) in [7, 11) is 0. The van der Waals surface area contributed by atoms with Crippen molar-refractivity contribution in [2.45, 2.75) is 76.7 Å². The van der Waals surface area contributed by atoms with E-state index >= 15 is 0 Å². The van der Waals surface area contributed by atoms with E-state index in [4.69, 9.17) is 0 Å². The van der Waals surface area contributed by atoms with Gasteiger partial charge in [0.05, 0.1) is 0 Å². The molecule has 0 heterocycles. The molecule has 2 amide bonds. The molecule has 0 aromatic carbocycles. The molecule has 2 rings (SSSR count). The smallest absolute Gasteiger partial charge is 0.314 e. The Morgan fingerprint density at radius 1 is 0.810 bits per heavy atom. The fraction of sp³-hybridized carbons (Fsp3) is 0.941. The molecule has 0 saturated heterocycles. The van der Waals surface area contributed by atoms with Crippen LogP contribution in [0.5, 0.6) is 0 Å². The quantitative estimate of drug-likeness (QED) is 0.602. The number of rotatable bonds is 8. The molecule has 21 heavy (non-hydrogen) atoms. The highest BCUT2D eigenvalue weighted by molar-refractivity contribution is 5.73. The summed E-state index contributed by atoms with van der Waals surface area (Å²) in [4.78, 5) is 11.6. The second-order valence-electron chi connectivity index (χ2n) is 6.76. The van der Waals surface area contributed by atoms with Crippen LogP contribution in [0.1, 0.15) is 70.6 Å². The molecule has 0 spiro atoms. The minimum absolute atomic E-state index is 0.00524. The van der Waals surface area contributed by atoms with Crippen LogP contribution in [-0.4, -0.2) is 31.7 Å². The first-order valence-electron chi connectivity index (χ1n) is 9.09. The van der Waals surface area contributed by atoms with E-state index in [1.165, 1.54) is 57.8 Å². The van der Waals surface area contributed by atoms with Gasteiger partial charge in [0, 0.05) is 19.1 Å². The second-order valence-corrected chi connectivity index (χ2v) is 6.76. The Bertz CT molecular complexity index is 284. The molecule has 0 aromatic rings. The van der Waals surface area contributed by atoms with Crippen molar-refractivity contribution < 1.29 is 4.79 Å². The first-order valence-corrected chi connectivity index (χ1v) is 9.09. The van der Waals surface area contributed by atoms with Crippen LogP contribution in [0.2, 0.25) is 0 Å². The maximum Gasteiger partial charge on any atom is 0.314 e. The van der Waals surface area contributed by atoms with Gasteiger partial charge in [-0.3, -0.25) is 0 Å². The lowest BCUT2D eigenvalue weighted by atomic mass is 9.95. The number of carbonyl (C=O) groups is 1. The Morgan fingerprint density at radius 3 is 2.24 bits per heavy atom. The van der Waals surface area contributed by atoms with Gasteiger partial charge in [-0.2, -0.15) is 0 Å². The first kappa shape index (κ1) is 16.6. The zero-order valence-corrected chi connectivity index (χ0v) is 13.5. The predicted molar refractivity (Wildman–Crippen MR) is 87.5 cm³/mol. The highest BCUT2D eigenvalue weighted by Crippen LogP contribution is 2.26. The first-order chi connectivity index (χ1) is 10.3. The molecule has 4 heteroatoms. The van der Waals surface area contributed by atoms with Crippen LogP contribution in [0, 0.1) is 5.92 Å². The van der Waals surface area contributed by atoms with Gasteiger partial charge >= 0.3 is 6.03 Å². The van der Waals surface area contributed by atoms with E-state index in [0.29, 0.717) is 0 Å². The van der Waals surface area contributed by atoms with Gasteiger partial charge in [0.15, 0.2) is 0 Å². The van der Waals surface area contributed by atoms with Gasteiger partial charge in [0.25, 0.3) is 0 Å². The normalized spacial score (nSPS) is 20.6. The van der Waals surface area contributed by atoms with E-state index in [1.54, 1.807) is 0 Å². The average molecular weight is 295 g/mol. The molecule has 0 radical (unpaired) electrons. The van der Waals surface area contributed by atoms with Gasteiger partial charge < -0.3 is 16.0 Å². The van der Waals surface area contributed by atoms with Crippen LogP contribution < -0.4 is 16.0 Å². The molecule has 0 aliphatic heterocycles. The lowest BCUT2D eigenvalue weighted by Gasteiger charge is -2.22. The largest absolute Gasteiger partial charge is 0.338 e. The summed E-state index contributed by atoms with van der Waals surface area (Å²) in [5.74, 6) is 0.852. The van der Waals surface area contributed by atoms with Crippen LogP contribution in [-0.2, 0) is 0 Å². The third kappa shape index (κ3) is 7.16. The summed E-state index contributed by atoms with van der Waals surface area (Å²) in [5, 5.41) is 9.54. The summed E-state index contributed by atoms with van der Waals surface area (Å²) < 4.78 is 0. The number of amides is 2. The number of hydrogen-bond acceptors (Lipinski definition) is 2. The topological polar surface area (TPSA) is 53.2 Å². The molecule has 2 saturated carbocycles. The molecule has 0 atom stereocenters. The highest BCUT2D eigenvalue weighted by Gasteiger charge is 2.14. The van der Waals surface area contributed by atoms with Crippen LogP contribution >= 0.6 is 0 Å². The van der Waals surface area contributed by atoms with E-state index in [0.717, 1.165) is 44.4 Å². The SMILES string of the molecule is O=C(NCCCNC1CCCCC1)NCCC1CCCC1. The van der Waals surface area contributed by atoms with E-state index < -0.39 is 0 Å². The molecule has 0 aromatic heterocycles. The minimum atomic E-state index is 0.00524. The molecular formula is C17H33N3O. The summed E-state index contributed by atoms with van der Waals surface area (Å²) >= 11 is 0. The lowest BCUT2D eigenvalue weighted by molar-refractivity contribution is 0.239. The van der Waals surface area contributed by atoms with Crippen molar-refractivity contribution in [1.29, 1.82) is 0 Å². The molecular weight excluding hydrogens is 262 g/mol. The highest BCUT2D eigenvalue weighted by atomic mass is 16.2. The number of carbonyl (C=O) groups excluding carboxylic acids is 1. The third-order valence-electron chi connectivity index (χ3n) is 4.99. The van der Waals surface area contributed by atoms with E-state index in [2.05, 4.69) is 16.0 Å². The Balaban J connectivity index is 1.38. The lowest BCUT2D eigenvalue weighted by Crippen LogP contribution is -2.38. The number of hydrogen-bond donors (Lipinski definition) is 3. The van der Waals surface area contributed by atoms with Crippen LogP contribution in [0.25, 0.3) is 0 Å². The maximum absolute atomic E-state index is 11.6. The number of urea groups is 1. The maximum atomic E-state index is 11.6. The van der Waals surface area contributed by atoms with Crippen molar-refractivity contribution >= 4 is 6.03 Å². The molecule has 0 unspecified atom stereocenters. The van der Waals surface area contributed by atoms with Crippen molar-refractivity contribution in [2.75, 3.05) is 19.6 Å². The summed E-state index contributed by atoms with van der Waals surface area (Å²) in [5.41, 5.74) is 0. The molecule has 122 valence electrons. The van der Waals surface area contributed by atoms with Crippen LogP contribution in [0.3, 0.4) is 0 Å². The van der Waals surface area contributed by atoms with Gasteiger partial charge in [0.2, 0.25) is 0 Å². The van der Waals surface area contributed by atoms with E-state index in [1.807, 2.05) is 0 Å². The monoisotopic (exact) mass is 295 g/mol. The van der Waals surface area contributed by atoms with Gasteiger partial charge in [-0.25, -0.2) is 4.79 Å². The van der Waals surface area contributed by atoms with Crippen LogP contribution in [0.15, 0.2) is 0 Å². The molecule has 2 fully saturated rings. The Kier molecular flexibility index (Phi) is 7.94. The minimum Gasteiger partial charge on any atom is -0.338 e.